The van der Waals surface area contributed by atoms with E-state index in [9.17, 15) is 13.2 Å². The summed E-state index contributed by atoms with van der Waals surface area (Å²) in [7, 11) is 0. The monoisotopic (exact) mass is 358 g/mol. The van der Waals surface area contributed by atoms with Gasteiger partial charge in [-0.05, 0) is 34.7 Å². The number of alkyl halides is 3. The van der Waals surface area contributed by atoms with Gasteiger partial charge in [-0.2, -0.15) is 13.2 Å². The van der Waals surface area contributed by atoms with Crippen LogP contribution in [0.2, 0.25) is 0 Å². The first-order valence-corrected chi connectivity index (χ1v) is 6.09. The van der Waals surface area contributed by atoms with E-state index in [1.165, 1.54) is 0 Å². The predicted molar refractivity (Wildman–Crippen MR) is 64.8 cm³/mol. The average molecular weight is 358 g/mol. The van der Waals surface area contributed by atoms with Crippen molar-refractivity contribution in [2.75, 3.05) is 24.5 Å². The Hall–Kier alpha value is -0.640. The number of hydrogen-bond acceptors (Lipinski definition) is 4. The Morgan fingerprint density at radius 2 is 2.12 bits per heavy atom. The van der Waals surface area contributed by atoms with Gasteiger partial charge in [-0.3, -0.25) is 0 Å². The Labute approximate surface area is 110 Å². The second kappa shape index (κ2) is 4.92. The van der Waals surface area contributed by atoms with Crippen LogP contribution >= 0.6 is 22.6 Å². The van der Waals surface area contributed by atoms with Gasteiger partial charge >= 0.3 is 6.18 Å². The quantitative estimate of drug-likeness (QED) is 0.772. The molecule has 8 heteroatoms. The van der Waals surface area contributed by atoms with Gasteiger partial charge in [0.05, 0.1) is 0 Å². The van der Waals surface area contributed by atoms with Crippen molar-refractivity contribution in [3.63, 3.8) is 0 Å². The molecule has 0 bridgehead atoms. The minimum atomic E-state index is -4.23. The summed E-state index contributed by atoms with van der Waals surface area (Å²) in [4.78, 5) is 1.59. The zero-order chi connectivity index (χ0) is 12.5. The third kappa shape index (κ3) is 3.18. The highest BCUT2D eigenvalue weighted by Crippen LogP contribution is 2.24. The highest BCUT2D eigenvalue weighted by molar-refractivity contribution is 14.1. The Bertz CT molecular complexity index is 381. The van der Waals surface area contributed by atoms with Crippen LogP contribution in [-0.4, -0.2) is 42.0 Å². The first kappa shape index (κ1) is 12.8. The van der Waals surface area contributed by atoms with Crippen LogP contribution < -0.4 is 10.2 Å². The summed E-state index contributed by atoms with van der Waals surface area (Å²) >= 11 is 2.00. The van der Waals surface area contributed by atoms with E-state index < -0.39 is 12.2 Å². The van der Waals surface area contributed by atoms with Crippen molar-refractivity contribution in [1.29, 1.82) is 0 Å². The fourth-order valence-corrected chi connectivity index (χ4v) is 1.94. The number of hydrogen-bond donors (Lipinski definition) is 1. The molecule has 1 atom stereocenters. The van der Waals surface area contributed by atoms with Crippen molar-refractivity contribution < 1.29 is 13.2 Å². The number of aromatic nitrogens is 2. The third-order valence-corrected chi connectivity index (χ3v) is 3.09. The van der Waals surface area contributed by atoms with E-state index in [0.29, 0.717) is 16.1 Å². The number of nitrogens with one attached hydrogen (secondary N) is 1. The number of nitrogens with zero attached hydrogens (tertiary/aromatic N) is 3. The summed E-state index contributed by atoms with van der Waals surface area (Å²) in [5.41, 5.74) is 0. The molecule has 0 aliphatic carbocycles. The smallest absolute Gasteiger partial charge is 0.352 e. The standard InChI is InChI=1S/C9H10F3IN4/c10-9(11,12)6-5-17(4-3-14-6)8-2-1-7(13)15-16-8/h1-2,6,14H,3-5H2. The van der Waals surface area contributed by atoms with Crippen molar-refractivity contribution in [3.8, 4) is 0 Å². The fraction of sp³-hybridized carbons (Fsp3) is 0.556. The lowest BCUT2D eigenvalue weighted by atomic mass is 10.2. The summed E-state index contributed by atoms with van der Waals surface area (Å²) in [5.74, 6) is 0.487. The Morgan fingerprint density at radius 3 is 2.71 bits per heavy atom. The van der Waals surface area contributed by atoms with E-state index in [2.05, 4.69) is 15.5 Å². The summed E-state index contributed by atoms with van der Waals surface area (Å²) in [6, 6.07) is 1.92. The summed E-state index contributed by atoms with van der Waals surface area (Å²) < 4.78 is 38.4. The van der Waals surface area contributed by atoms with Crippen molar-refractivity contribution in [2.24, 2.45) is 0 Å². The van der Waals surface area contributed by atoms with Crippen LogP contribution in [0.5, 0.6) is 0 Å². The normalized spacial score (nSPS) is 21.6. The molecule has 17 heavy (non-hydrogen) atoms. The molecule has 2 rings (SSSR count). The van der Waals surface area contributed by atoms with Gasteiger partial charge in [0.1, 0.15) is 9.74 Å². The highest BCUT2D eigenvalue weighted by atomic mass is 127. The minimum absolute atomic E-state index is 0.126. The van der Waals surface area contributed by atoms with Gasteiger partial charge in [-0.15, -0.1) is 10.2 Å². The first-order chi connectivity index (χ1) is 7.97. The maximum absolute atomic E-state index is 12.6. The van der Waals surface area contributed by atoms with E-state index in [0.717, 1.165) is 0 Å². The predicted octanol–water partition coefficient (Wildman–Crippen LogP) is 1.42. The van der Waals surface area contributed by atoms with Crippen molar-refractivity contribution >= 4 is 28.4 Å². The summed E-state index contributed by atoms with van der Waals surface area (Å²) in [5, 5.41) is 10.2. The van der Waals surface area contributed by atoms with Crippen LogP contribution in [0.15, 0.2) is 12.1 Å². The molecule has 0 amide bonds. The maximum Gasteiger partial charge on any atom is 0.405 e. The second-order valence-electron chi connectivity index (χ2n) is 3.71. The average Bonchev–Trinajstić information content (AvgIpc) is 2.29. The molecule has 0 aromatic carbocycles. The first-order valence-electron chi connectivity index (χ1n) is 5.01. The molecular formula is C9H10F3IN4. The van der Waals surface area contributed by atoms with Gasteiger partial charge in [-0.1, -0.05) is 0 Å². The van der Waals surface area contributed by atoms with E-state index in [1.807, 2.05) is 22.6 Å². The van der Waals surface area contributed by atoms with Gasteiger partial charge in [0.15, 0.2) is 5.82 Å². The molecule has 0 saturated carbocycles. The number of piperazine rings is 1. The molecule has 1 unspecified atom stereocenters. The lowest BCUT2D eigenvalue weighted by Gasteiger charge is -2.34. The second-order valence-corrected chi connectivity index (χ2v) is 4.81. The molecule has 2 heterocycles. The molecule has 1 aliphatic heterocycles. The highest BCUT2D eigenvalue weighted by Gasteiger charge is 2.42. The molecule has 1 aromatic rings. The molecule has 1 saturated heterocycles. The number of anilines is 1. The Balaban J connectivity index is 2.09. The van der Waals surface area contributed by atoms with Crippen molar-refractivity contribution in [2.45, 2.75) is 12.2 Å². The van der Waals surface area contributed by atoms with Crippen LogP contribution in [0.3, 0.4) is 0 Å². The van der Waals surface area contributed by atoms with Gasteiger partial charge in [-0.25, -0.2) is 0 Å². The molecule has 1 aromatic heterocycles. The van der Waals surface area contributed by atoms with E-state index in [-0.39, 0.29) is 13.1 Å². The van der Waals surface area contributed by atoms with Gasteiger partial charge in [0, 0.05) is 19.6 Å². The van der Waals surface area contributed by atoms with Crippen LogP contribution in [-0.2, 0) is 0 Å². The topological polar surface area (TPSA) is 41.1 Å². The zero-order valence-corrected chi connectivity index (χ0v) is 10.9. The lowest BCUT2D eigenvalue weighted by molar-refractivity contribution is -0.155. The summed E-state index contributed by atoms with van der Waals surface area (Å²) in [6.07, 6.45) is -4.23. The molecule has 0 radical (unpaired) electrons. The molecule has 4 nitrogen and oxygen atoms in total. The largest absolute Gasteiger partial charge is 0.405 e. The Morgan fingerprint density at radius 1 is 1.35 bits per heavy atom. The fourth-order valence-electron chi connectivity index (χ4n) is 1.65. The van der Waals surface area contributed by atoms with Crippen LogP contribution in [0.25, 0.3) is 0 Å². The molecule has 1 N–H and O–H groups in total. The zero-order valence-electron chi connectivity index (χ0n) is 8.71. The third-order valence-electron chi connectivity index (χ3n) is 2.51. The summed E-state index contributed by atoms with van der Waals surface area (Å²) in [6.45, 7) is 0.665. The minimum Gasteiger partial charge on any atom is -0.352 e. The van der Waals surface area contributed by atoms with Crippen molar-refractivity contribution in [3.05, 3.63) is 15.8 Å². The van der Waals surface area contributed by atoms with E-state index in [1.54, 1.807) is 17.0 Å². The van der Waals surface area contributed by atoms with Crippen LogP contribution in [0.4, 0.5) is 19.0 Å². The Kier molecular flexibility index (Phi) is 3.71. The van der Waals surface area contributed by atoms with Gasteiger partial charge in [0.2, 0.25) is 0 Å². The molecular weight excluding hydrogens is 348 g/mol. The SMILES string of the molecule is FC(F)(F)C1CN(c2ccc(I)nn2)CCN1. The number of halogens is 4. The van der Waals surface area contributed by atoms with E-state index in [4.69, 9.17) is 0 Å². The van der Waals surface area contributed by atoms with Crippen LogP contribution in [0.1, 0.15) is 0 Å². The van der Waals surface area contributed by atoms with Crippen molar-refractivity contribution in [1.82, 2.24) is 15.5 Å². The molecule has 1 aliphatic rings. The molecule has 1 fully saturated rings. The molecule has 0 spiro atoms. The maximum atomic E-state index is 12.6. The van der Waals surface area contributed by atoms with Crippen LogP contribution in [0, 0.1) is 3.70 Å². The van der Waals surface area contributed by atoms with Gasteiger partial charge in [0.25, 0.3) is 0 Å². The van der Waals surface area contributed by atoms with E-state index >= 15 is 0 Å². The molecule has 94 valence electrons. The van der Waals surface area contributed by atoms with Gasteiger partial charge < -0.3 is 10.2 Å². The number of rotatable bonds is 1. The lowest BCUT2D eigenvalue weighted by Crippen LogP contribution is -2.57.